The van der Waals surface area contributed by atoms with Crippen LogP contribution in [-0.4, -0.2) is 5.78 Å². The summed E-state index contributed by atoms with van der Waals surface area (Å²) in [7, 11) is 0. The molecule has 1 saturated carbocycles. The van der Waals surface area contributed by atoms with Crippen LogP contribution in [0.4, 0.5) is 0 Å². The highest BCUT2D eigenvalue weighted by Gasteiger charge is 2.25. The summed E-state index contributed by atoms with van der Waals surface area (Å²) in [5.74, 6) is 1.67. The van der Waals surface area contributed by atoms with Crippen molar-refractivity contribution in [1.82, 2.24) is 0 Å². The fourth-order valence-corrected chi connectivity index (χ4v) is 3.57. The first kappa shape index (κ1) is 16.0. The van der Waals surface area contributed by atoms with Crippen molar-refractivity contribution in [2.24, 2.45) is 11.8 Å². The predicted molar refractivity (Wildman–Crippen MR) is 92.8 cm³/mol. The molecule has 0 aromatic heterocycles. The Hall–Kier alpha value is -0.380. The molecule has 110 valence electrons. The van der Waals surface area contributed by atoms with Gasteiger partial charge >= 0.3 is 0 Å². The van der Waals surface area contributed by atoms with Crippen molar-refractivity contribution in [3.63, 3.8) is 0 Å². The molecule has 0 saturated heterocycles. The Balaban J connectivity index is 1.78. The summed E-state index contributed by atoms with van der Waals surface area (Å²) >= 11 is 2.30. The molecule has 0 aliphatic heterocycles. The van der Waals surface area contributed by atoms with Gasteiger partial charge in [-0.15, -0.1) is 0 Å². The second-order valence-corrected chi connectivity index (χ2v) is 7.38. The zero-order valence-corrected chi connectivity index (χ0v) is 14.6. The molecule has 2 rings (SSSR count). The van der Waals surface area contributed by atoms with E-state index in [4.69, 9.17) is 0 Å². The number of unbranched alkanes of at least 4 members (excludes halogenated alkanes) is 1. The molecule has 1 aromatic rings. The van der Waals surface area contributed by atoms with Crippen molar-refractivity contribution in [2.75, 3.05) is 0 Å². The molecule has 0 amide bonds. The molecule has 0 bridgehead atoms. The van der Waals surface area contributed by atoms with Crippen LogP contribution in [0.5, 0.6) is 0 Å². The molecule has 0 unspecified atom stereocenters. The SMILES string of the molecule is CCCCC1CCC(C(=O)Cc2ccc(I)cc2)CC1. The van der Waals surface area contributed by atoms with E-state index in [1.54, 1.807) is 0 Å². The Morgan fingerprint density at radius 1 is 1.15 bits per heavy atom. The maximum atomic E-state index is 12.4. The van der Waals surface area contributed by atoms with Gasteiger partial charge in [-0.05, 0) is 71.9 Å². The van der Waals surface area contributed by atoms with Gasteiger partial charge in [0.2, 0.25) is 0 Å². The van der Waals surface area contributed by atoms with E-state index >= 15 is 0 Å². The molecular formula is C18H25IO. The van der Waals surface area contributed by atoms with E-state index in [0.29, 0.717) is 18.1 Å². The van der Waals surface area contributed by atoms with Gasteiger partial charge < -0.3 is 0 Å². The smallest absolute Gasteiger partial charge is 0.140 e. The van der Waals surface area contributed by atoms with Gasteiger partial charge in [0.05, 0.1) is 0 Å². The number of benzene rings is 1. The molecule has 0 atom stereocenters. The molecule has 1 aromatic carbocycles. The first-order valence-corrected chi connectivity index (χ1v) is 9.04. The van der Waals surface area contributed by atoms with Crippen molar-refractivity contribution in [2.45, 2.75) is 58.3 Å². The summed E-state index contributed by atoms with van der Waals surface area (Å²) in [5.41, 5.74) is 1.17. The zero-order valence-electron chi connectivity index (χ0n) is 12.4. The third-order valence-corrected chi connectivity index (χ3v) is 5.28. The van der Waals surface area contributed by atoms with Gasteiger partial charge in [0.1, 0.15) is 5.78 Å². The quantitative estimate of drug-likeness (QED) is 0.601. The average Bonchev–Trinajstić information content (AvgIpc) is 2.48. The number of halogens is 1. The normalized spacial score (nSPS) is 22.7. The van der Waals surface area contributed by atoms with Gasteiger partial charge in [0, 0.05) is 15.9 Å². The number of rotatable bonds is 6. The Labute approximate surface area is 136 Å². The van der Waals surface area contributed by atoms with Gasteiger partial charge in [-0.25, -0.2) is 0 Å². The molecule has 1 nitrogen and oxygen atoms in total. The Morgan fingerprint density at radius 2 is 1.80 bits per heavy atom. The van der Waals surface area contributed by atoms with Crippen LogP contribution in [0.25, 0.3) is 0 Å². The zero-order chi connectivity index (χ0) is 14.4. The topological polar surface area (TPSA) is 17.1 Å². The molecule has 20 heavy (non-hydrogen) atoms. The second-order valence-electron chi connectivity index (χ2n) is 6.13. The van der Waals surface area contributed by atoms with Crippen LogP contribution >= 0.6 is 22.6 Å². The maximum absolute atomic E-state index is 12.4. The lowest BCUT2D eigenvalue weighted by atomic mass is 9.77. The van der Waals surface area contributed by atoms with Crippen molar-refractivity contribution in [3.8, 4) is 0 Å². The largest absolute Gasteiger partial charge is 0.299 e. The lowest BCUT2D eigenvalue weighted by Crippen LogP contribution is -2.23. The van der Waals surface area contributed by atoms with Gasteiger partial charge in [-0.1, -0.05) is 38.3 Å². The highest BCUT2D eigenvalue weighted by atomic mass is 127. The molecule has 1 aliphatic carbocycles. The Morgan fingerprint density at radius 3 is 2.40 bits per heavy atom. The first-order valence-electron chi connectivity index (χ1n) is 7.96. The molecule has 1 fully saturated rings. The number of carbonyl (C=O) groups excluding carboxylic acids is 1. The van der Waals surface area contributed by atoms with E-state index in [9.17, 15) is 4.79 Å². The predicted octanol–water partition coefficient (Wildman–Crippen LogP) is 5.40. The van der Waals surface area contributed by atoms with Crippen LogP contribution in [0.2, 0.25) is 0 Å². The summed E-state index contributed by atoms with van der Waals surface area (Å²) in [6.45, 7) is 2.26. The summed E-state index contributed by atoms with van der Waals surface area (Å²) in [6.07, 6.45) is 9.43. The summed E-state index contributed by atoms with van der Waals surface area (Å²) in [5, 5.41) is 0. The summed E-state index contributed by atoms with van der Waals surface area (Å²) in [6, 6.07) is 8.36. The third kappa shape index (κ3) is 4.87. The minimum absolute atomic E-state index is 0.326. The standard InChI is InChI=1S/C18H25IO/c1-2-3-4-14-5-9-16(10-6-14)18(20)13-15-7-11-17(19)12-8-15/h7-8,11-12,14,16H,2-6,9-10,13H2,1H3. The molecule has 2 heteroatoms. The summed E-state index contributed by atoms with van der Waals surface area (Å²) in [4.78, 5) is 12.4. The lowest BCUT2D eigenvalue weighted by molar-refractivity contribution is -0.123. The monoisotopic (exact) mass is 384 g/mol. The Kier molecular flexibility index (Phi) is 6.53. The van der Waals surface area contributed by atoms with E-state index in [2.05, 4.69) is 53.8 Å². The fraction of sp³-hybridized carbons (Fsp3) is 0.611. The van der Waals surface area contributed by atoms with Crippen LogP contribution in [0, 0.1) is 15.4 Å². The van der Waals surface area contributed by atoms with Crippen molar-refractivity contribution in [1.29, 1.82) is 0 Å². The van der Waals surface area contributed by atoms with E-state index in [-0.39, 0.29) is 0 Å². The van der Waals surface area contributed by atoms with Crippen molar-refractivity contribution >= 4 is 28.4 Å². The Bertz CT molecular complexity index is 416. The fourth-order valence-electron chi connectivity index (χ4n) is 3.21. The van der Waals surface area contributed by atoms with E-state index < -0.39 is 0 Å². The number of hydrogen-bond acceptors (Lipinski definition) is 1. The van der Waals surface area contributed by atoms with Crippen molar-refractivity contribution in [3.05, 3.63) is 33.4 Å². The van der Waals surface area contributed by atoms with Gasteiger partial charge in [0.25, 0.3) is 0 Å². The summed E-state index contributed by atoms with van der Waals surface area (Å²) < 4.78 is 1.23. The highest BCUT2D eigenvalue weighted by molar-refractivity contribution is 14.1. The minimum atomic E-state index is 0.326. The van der Waals surface area contributed by atoms with Crippen LogP contribution < -0.4 is 0 Å². The highest BCUT2D eigenvalue weighted by Crippen LogP contribution is 2.32. The van der Waals surface area contributed by atoms with Crippen LogP contribution in [-0.2, 0) is 11.2 Å². The molecular weight excluding hydrogens is 359 g/mol. The van der Waals surface area contributed by atoms with Crippen molar-refractivity contribution < 1.29 is 4.79 Å². The third-order valence-electron chi connectivity index (χ3n) is 4.56. The van der Waals surface area contributed by atoms with E-state index in [1.165, 1.54) is 41.2 Å². The van der Waals surface area contributed by atoms with Crippen LogP contribution in [0.15, 0.2) is 24.3 Å². The average molecular weight is 384 g/mol. The maximum Gasteiger partial charge on any atom is 0.140 e. The lowest BCUT2D eigenvalue weighted by Gasteiger charge is -2.27. The first-order chi connectivity index (χ1) is 9.69. The minimum Gasteiger partial charge on any atom is -0.299 e. The van der Waals surface area contributed by atoms with Gasteiger partial charge in [-0.3, -0.25) is 4.79 Å². The van der Waals surface area contributed by atoms with E-state index in [0.717, 1.165) is 18.8 Å². The van der Waals surface area contributed by atoms with Crippen LogP contribution in [0.1, 0.15) is 57.4 Å². The van der Waals surface area contributed by atoms with Gasteiger partial charge in [0.15, 0.2) is 0 Å². The molecule has 0 heterocycles. The number of Topliss-reactive ketones (excluding diaryl/α,β-unsaturated/α-hetero) is 1. The van der Waals surface area contributed by atoms with Crippen LogP contribution in [0.3, 0.4) is 0 Å². The molecule has 0 spiro atoms. The number of hydrogen-bond donors (Lipinski definition) is 0. The molecule has 1 aliphatic rings. The van der Waals surface area contributed by atoms with Gasteiger partial charge in [-0.2, -0.15) is 0 Å². The number of carbonyl (C=O) groups is 1. The second kappa shape index (κ2) is 8.16. The molecule has 0 N–H and O–H groups in total. The number of ketones is 1. The molecule has 0 radical (unpaired) electrons. The van der Waals surface area contributed by atoms with E-state index in [1.807, 2.05) is 0 Å².